The second-order valence-corrected chi connectivity index (χ2v) is 4.62. The molecule has 0 unspecified atom stereocenters. The molecule has 2 aromatic carbocycles. The van der Waals surface area contributed by atoms with E-state index in [-0.39, 0.29) is 11.3 Å². The molecular formula is C15H13FN2O. The Morgan fingerprint density at radius 3 is 2.74 bits per heavy atom. The summed E-state index contributed by atoms with van der Waals surface area (Å²) in [5, 5.41) is 9.86. The van der Waals surface area contributed by atoms with Gasteiger partial charge in [0.05, 0.1) is 16.6 Å². The van der Waals surface area contributed by atoms with E-state index in [0.29, 0.717) is 5.82 Å². The monoisotopic (exact) mass is 256 g/mol. The summed E-state index contributed by atoms with van der Waals surface area (Å²) >= 11 is 0. The Morgan fingerprint density at radius 2 is 2.00 bits per heavy atom. The standard InChI is InChI=1S/C15H13FN2O/c1-9-6-7-12-11(8-9)17-15(18(12)2)14-10(16)4-3-5-13(14)19/h3-8,19H,1-2H3. The minimum Gasteiger partial charge on any atom is -0.507 e. The number of hydrogen-bond acceptors (Lipinski definition) is 2. The first kappa shape index (κ1) is 11.7. The molecule has 0 atom stereocenters. The SMILES string of the molecule is Cc1ccc2c(c1)nc(-c1c(O)cccc1F)n2C. The molecule has 0 radical (unpaired) electrons. The highest BCUT2D eigenvalue weighted by Crippen LogP contribution is 2.32. The molecule has 3 nitrogen and oxygen atoms in total. The van der Waals surface area contributed by atoms with E-state index in [0.717, 1.165) is 16.6 Å². The lowest BCUT2D eigenvalue weighted by Crippen LogP contribution is -1.95. The van der Waals surface area contributed by atoms with Crippen molar-refractivity contribution < 1.29 is 9.50 Å². The number of benzene rings is 2. The Kier molecular flexibility index (Phi) is 2.52. The highest BCUT2D eigenvalue weighted by Gasteiger charge is 2.17. The van der Waals surface area contributed by atoms with E-state index >= 15 is 0 Å². The summed E-state index contributed by atoms with van der Waals surface area (Å²) in [5.41, 5.74) is 2.93. The molecule has 1 N–H and O–H groups in total. The van der Waals surface area contributed by atoms with E-state index in [1.54, 1.807) is 4.57 Å². The van der Waals surface area contributed by atoms with Crippen LogP contribution in [0.25, 0.3) is 22.4 Å². The summed E-state index contributed by atoms with van der Waals surface area (Å²) in [6.07, 6.45) is 0. The second kappa shape index (κ2) is 4.09. The van der Waals surface area contributed by atoms with E-state index in [1.807, 2.05) is 32.2 Å². The Hall–Kier alpha value is -2.36. The van der Waals surface area contributed by atoms with Gasteiger partial charge in [0.2, 0.25) is 0 Å². The van der Waals surface area contributed by atoms with Crippen molar-refractivity contribution in [1.29, 1.82) is 0 Å². The Morgan fingerprint density at radius 1 is 1.21 bits per heavy atom. The quantitative estimate of drug-likeness (QED) is 0.724. The van der Waals surface area contributed by atoms with Crippen molar-refractivity contribution >= 4 is 11.0 Å². The smallest absolute Gasteiger partial charge is 0.147 e. The molecule has 0 amide bonds. The predicted octanol–water partition coefficient (Wildman–Crippen LogP) is 3.39. The molecule has 0 saturated carbocycles. The third-order valence-electron chi connectivity index (χ3n) is 3.25. The van der Waals surface area contributed by atoms with Crippen LogP contribution in [-0.2, 0) is 7.05 Å². The van der Waals surface area contributed by atoms with E-state index in [1.165, 1.54) is 18.2 Å². The van der Waals surface area contributed by atoms with Crippen molar-refractivity contribution in [3.63, 3.8) is 0 Å². The number of nitrogens with zero attached hydrogens (tertiary/aromatic N) is 2. The molecule has 0 aliphatic carbocycles. The summed E-state index contributed by atoms with van der Waals surface area (Å²) in [4.78, 5) is 4.43. The van der Waals surface area contributed by atoms with Crippen molar-refractivity contribution in [2.24, 2.45) is 7.05 Å². The van der Waals surface area contributed by atoms with Gasteiger partial charge in [-0.05, 0) is 36.8 Å². The van der Waals surface area contributed by atoms with Gasteiger partial charge in [-0.15, -0.1) is 0 Å². The van der Waals surface area contributed by atoms with Gasteiger partial charge in [0.25, 0.3) is 0 Å². The molecular weight excluding hydrogens is 243 g/mol. The van der Waals surface area contributed by atoms with Crippen molar-refractivity contribution in [2.45, 2.75) is 6.92 Å². The fraction of sp³-hybridized carbons (Fsp3) is 0.133. The lowest BCUT2D eigenvalue weighted by molar-refractivity contribution is 0.471. The summed E-state index contributed by atoms with van der Waals surface area (Å²) < 4.78 is 15.7. The van der Waals surface area contributed by atoms with E-state index in [2.05, 4.69) is 4.98 Å². The number of hydrogen-bond donors (Lipinski definition) is 1. The van der Waals surface area contributed by atoms with Crippen LogP contribution in [0.2, 0.25) is 0 Å². The van der Waals surface area contributed by atoms with Crippen LogP contribution in [0.1, 0.15) is 5.56 Å². The van der Waals surface area contributed by atoms with Crippen LogP contribution in [0.15, 0.2) is 36.4 Å². The van der Waals surface area contributed by atoms with Crippen LogP contribution >= 0.6 is 0 Å². The number of aromatic hydroxyl groups is 1. The number of aryl methyl sites for hydroxylation is 2. The fourth-order valence-electron chi connectivity index (χ4n) is 2.27. The first-order valence-electron chi connectivity index (χ1n) is 5.99. The molecule has 0 aliphatic rings. The number of rotatable bonds is 1. The van der Waals surface area contributed by atoms with E-state index < -0.39 is 5.82 Å². The van der Waals surface area contributed by atoms with Crippen LogP contribution in [0.5, 0.6) is 5.75 Å². The molecule has 3 aromatic rings. The average molecular weight is 256 g/mol. The van der Waals surface area contributed by atoms with Crippen molar-refractivity contribution in [3.05, 3.63) is 47.8 Å². The fourth-order valence-corrected chi connectivity index (χ4v) is 2.27. The number of aromatic nitrogens is 2. The normalized spacial score (nSPS) is 11.1. The summed E-state index contributed by atoms with van der Waals surface area (Å²) in [5.74, 6) is -0.151. The minimum absolute atomic E-state index is 0.102. The lowest BCUT2D eigenvalue weighted by Gasteiger charge is -2.06. The van der Waals surface area contributed by atoms with Crippen LogP contribution in [-0.4, -0.2) is 14.7 Å². The number of phenolic OH excluding ortho intramolecular Hbond substituents is 1. The summed E-state index contributed by atoms with van der Waals surface area (Å²) in [7, 11) is 1.81. The van der Waals surface area contributed by atoms with Crippen LogP contribution < -0.4 is 0 Å². The zero-order chi connectivity index (χ0) is 13.6. The minimum atomic E-state index is -0.477. The topological polar surface area (TPSA) is 38.1 Å². The maximum atomic E-state index is 13.9. The van der Waals surface area contributed by atoms with E-state index in [4.69, 9.17) is 0 Å². The van der Waals surface area contributed by atoms with Gasteiger partial charge in [-0.3, -0.25) is 0 Å². The predicted molar refractivity (Wildman–Crippen MR) is 72.5 cm³/mol. The number of imidazole rings is 1. The number of fused-ring (bicyclic) bond motifs is 1. The maximum Gasteiger partial charge on any atom is 0.147 e. The Labute approximate surface area is 109 Å². The van der Waals surface area contributed by atoms with Gasteiger partial charge in [-0.25, -0.2) is 9.37 Å². The zero-order valence-electron chi connectivity index (χ0n) is 10.7. The van der Waals surface area contributed by atoms with Gasteiger partial charge < -0.3 is 9.67 Å². The summed E-state index contributed by atoms with van der Waals surface area (Å²) in [6, 6.07) is 10.1. The summed E-state index contributed by atoms with van der Waals surface area (Å²) in [6.45, 7) is 1.98. The van der Waals surface area contributed by atoms with Crippen molar-refractivity contribution in [3.8, 4) is 17.1 Å². The Bertz CT molecular complexity index is 757. The third kappa shape index (κ3) is 1.76. The highest BCUT2D eigenvalue weighted by molar-refractivity contribution is 5.82. The van der Waals surface area contributed by atoms with Gasteiger partial charge in [0.1, 0.15) is 17.4 Å². The molecule has 96 valence electrons. The molecule has 1 heterocycles. The average Bonchev–Trinajstić information content (AvgIpc) is 2.66. The van der Waals surface area contributed by atoms with Gasteiger partial charge in [0, 0.05) is 7.05 Å². The maximum absolute atomic E-state index is 13.9. The zero-order valence-corrected chi connectivity index (χ0v) is 10.7. The second-order valence-electron chi connectivity index (χ2n) is 4.62. The van der Waals surface area contributed by atoms with Crippen LogP contribution in [0, 0.1) is 12.7 Å². The van der Waals surface area contributed by atoms with Gasteiger partial charge in [-0.2, -0.15) is 0 Å². The molecule has 4 heteroatoms. The highest BCUT2D eigenvalue weighted by atomic mass is 19.1. The first-order chi connectivity index (χ1) is 9.08. The lowest BCUT2D eigenvalue weighted by atomic mass is 10.2. The van der Waals surface area contributed by atoms with Crippen molar-refractivity contribution in [2.75, 3.05) is 0 Å². The van der Waals surface area contributed by atoms with Gasteiger partial charge >= 0.3 is 0 Å². The van der Waals surface area contributed by atoms with Crippen LogP contribution in [0.4, 0.5) is 4.39 Å². The molecule has 0 aliphatic heterocycles. The molecule has 1 aromatic heterocycles. The van der Waals surface area contributed by atoms with Crippen LogP contribution in [0.3, 0.4) is 0 Å². The third-order valence-corrected chi connectivity index (χ3v) is 3.25. The van der Waals surface area contributed by atoms with Crippen molar-refractivity contribution in [1.82, 2.24) is 9.55 Å². The number of halogens is 1. The Balaban J connectivity index is 2.34. The molecule has 3 rings (SSSR count). The largest absolute Gasteiger partial charge is 0.507 e. The molecule has 0 saturated heterocycles. The molecule has 0 spiro atoms. The molecule has 19 heavy (non-hydrogen) atoms. The van der Waals surface area contributed by atoms with E-state index in [9.17, 15) is 9.50 Å². The molecule has 0 fully saturated rings. The van der Waals surface area contributed by atoms with Gasteiger partial charge in [-0.1, -0.05) is 12.1 Å². The van der Waals surface area contributed by atoms with Gasteiger partial charge in [0.15, 0.2) is 0 Å². The number of phenols is 1. The first-order valence-corrected chi connectivity index (χ1v) is 5.99. The molecule has 0 bridgehead atoms.